The third kappa shape index (κ3) is 3.04. The van der Waals surface area contributed by atoms with E-state index < -0.39 is 0 Å². The van der Waals surface area contributed by atoms with Crippen molar-refractivity contribution in [3.63, 3.8) is 0 Å². The SMILES string of the molecule is CCCC(OC)c1nc(COC)cs1. The molecule has 0 amide bonds. The molecule has 0 aliphatic carbocycles. The molecule has 0 saturated carbocycles. The molecule has 0 bridgehead atoms. The predicted molar refractivity (Wildman–Crippen MR) is 57.5 cm³/mol. The van der Waals surface area contributed by atoms with Crippen molar-refractivity contribution in [2.24, 2.45) is 0 Å². The number of ether oxygens (including phenoxy) is 2. The number of nitrogens with zero attached hydrogens (tertiary/aromatic N) is 1. The van der Waals surface area contributed by atoms with Crippen molar-refractivity contribution in [1.29, 1.82) is 0 Å². The highest BCUT2D eigenvalue weighted by Gasteiger charge is 2.13. The summed E-state index contributed by atoms with van der Waals surface area (Å²) in [6, 6.07) is 0. The van der Waals surface area contributed by atoms with Gasteiger partial charge in [-0.3, -0.25) is 0 Å². The number of hydrogen-bond donors (Lipinski definition) is 0. The Balaban J connectivity index is 2.63. The third-order valence-electron chi connectivity index (χ3n) is 1.97. The lowest BCUT2D eigenvalue weighted by Gasteiger charge is -2.10. The van der Waals surface area contributed by atoms with Crippen molar-refractivity contribution >= 4 is 11.3 Å². The minimum absolute atomic E-state index is 0.149. The fourth-order valence-electron chi connectivity index (χ4n) is 1.29. The van der Waals surface area contributed by atoms with Gasteiger partial charge in [-0.05, 0) is 6.42 Å². The summed E-state index contributed by atoms with van der Waals surface area (Å²) in [6.45, 7) is 2.73. The van der Waals surface area contributed by atoms with Crippen LogP contribution in [0.3, 0.4) is 0 Å². The second-order valence-electron chi connectivity index (χ2n) is 3.12. The molecule has 1 atom stereocenters. The lowest BCUT2D eigenvalue weighted by atomic mass is 10.2. The maximum Gasteiger partial charge on any atom is 0.122 e. The monoisotopic (exact) mass is 215 g/mol. The molecular weight excluding hydrogens is 198 g/mol. The number of hydrogen-bond acceptors (Lipinski definition) is 4. The molecule has 1 heterocycles. The number of methoxy groups -OCH3 is 2. The van der Waals surface area contributed by atoms with E-state index in [1.54, 1.807) is 25.6 Å². The second kappa shape index (κ2) is 6.11. The molecule has 0 N–H and O–H groups in total. The number of aromatic nitrogens is 1. The molecule has 1 rings (SSSR count). The van der Waals surface area contributed by atoms with Crippen molar-refractivity contribution in [3.05, 3.63) is 16.1 Å². The van der Waals surface area contributed by atoms with Crippen LogP contribution in [0, 0.1) is 0 Å². The molecule has 0 aliphatic heterocycles. The van der Waals surface area contributed by atoms with E-state index in [-0.39, 0.29) is 6.10 Å². The van der Waals surface area contributed by atoms with E-state index in [9.17, 15) is 0 Å². The van der Waals surface area contributed by atoms with E-state index in [4.69, 9.17) is 9.47 Å². The highest BCUT2D eigenvalue weighted by Crippen LogP contribution is 2.25. The molecule has 80 valence electrons. The minimum Gasteiger partial charge on any atom is -0.378 e. The second-order valence-corrected chi connectivity index (χ2v) is 4.01. The van der Waals surface area contributed by atoms with Gasteiger partial charge in [-0.2, -0.15) is 0 Å². The van der Waals surface area contributed by atoms with Gasteiger partial charge in [0.25, 0.3) is 0 Å². The van der Waals surface area contributed by atoms with Gasteiger partial charge in [0.2, 0.25) is 0 Å². The van der Waals surface area contributed by atoms with Crippen molar-refractivity contribution in [3.8, 4) is 0 Å². The van der Waals surface area contributed by atoms with E-state index in [2.05, 4.69) is 11.9 Å². The first-order chi connectivity index (χ1) is 6.81. The molecule has 0 spiro atoms. The van der Waals surface area contributed by atoms with Gasteiger partial charge in [-0.15, -0.1) is 11.3 Å². The Kier molecular flexibility index (Phi) is 5.07. The fourth-order valence-corrected chi connectivity index (χ4v) is 2.20. The molecule has 4 heteroatoms. The van der Waals surface area contributed by atoms with Crippen molar-refractivity contribution in [2.45, 2.75) is 32.5 Å². The molecule has 3 nitrogen and oxygen atoms in total. The summed E-state index contributed by atoms with van der Waals surface area (Å²) < 4.78 is 10.4. The summed E-state index contributed by atoms with van der Waals surface area (Å²) >= 11 is 1.65. The molecule has 1 aromatic rings. The molecule has 1 aromatic heterocycles. The minimum atomic E-state index is 0.149. The first-order valence-electron chi connectivity index (χ1n) is 4.77. The molecule has 0 saturated heterocycles. The van der Waals surface area contributed by atoms with Crippen LogP contribution in [0.2, 0.25) is 0 Å². The van der Waals surface area contributed by atoms with Crippen LogP contribution in [-0.2, 0) is 16.1 Å². The summed E-state index contributed by atoms with van der Waals surface area (Å²) in [5, 5.41) is 3.09. The molecule has 0 aliphatic rings. The van der Waals surface area contributed by atoms with E-state index in [1.165, 1.54) is 0 Å². The van der Waals surface area contributed by atoms with Crippen LogP contribution in [-0.4, -0.2) is 19.2 Å². The van der Waals surface area contributed by atoms with Crippen LogP contribution in [0.4, 0.5) is 0 Å². The largest absolute Gasteiger partial charge is 0.378 e. The highest BCUT2D eigenvalue weighted by molar-refractivity contribution is 7.09. The number of thiazole rings is 1. The molecule has 1 unspecified atom stereocenters. The van der Waals surface area contributed by atoms with Gasteiger partial charge in [0, 0.05) is 19.6 Å². The lowest BCUT2D eigenvalue weighted by molar-refractivity contribution is 0.0942. The van der Waals surface area contributed by atoms with Crippen molar-refractivity contribution < 1.29 is 9.47 Å². The average molecular weight is 215 g/mol. The Morgan fingerprint density at radius 1 is 1.50 bits per heavy atom. The van der Waals surface area contributed by atoms with E-state index >= 15 is 0 Å². The maximum absolute atomic E-state index is 5.38. The zero-order chi connectivity index (χ0) is 10.4. The van der Waals surface area contributed by atoms with Crippen LogP contribution < -0.4 is 0 Å². The standard InChI is InChI=1S/C10H17NO2S/c1-4-5-9(13-3)10-11-8(6-12-2)7-14-10/h7,9H,4-6H2,1-3H3. The van der Waals surface area contributed by atoms with E-state index in [0.29, 0.717) is 6.61 Å². The molecule has 0 aromatic carbocycles. The smallest absolute Gasteiger partial charge is 0.122 e. The van der Waals surface area contributed by atoms with Gasteiger partial charge in [0.15, 0.2) is 0 Å². The summed E-state index contributed by atoms with van der Waals surface area (Å²) in [6.07, 6.45) is 2.28. The highest BCUT2D eigenvalue weighted by atomic mass is 32.1. The van der Waals surface area contributed by atoms with Crippen molar-refractivity contribution in [1.82, 2.24) is 4.98 Å². The van der Waals surface area contributed by atoms with Crippen LogP contribution >= 0.6 is 11.3 Å². The predicted octanol–water partition coefficient (Wildman–Crippen LogP) is 2.78. The van der Waals surface area contributed by atoms with Crippen LogP contribution in [0.15, 0.2) is 5.38 Å². The van der Waals surface area contributed by atoms with Gasteiger partial charge >= 0.3 is 0 Å². The first-order valence-corrected chi connectivity index (χ1v) is 5.65. The van der Waals surface area contributed by atoms with E-state index in [1.807, 2.05) is 5.38 Å². The fraction of sp³-hybridized carbons (Fsp3) is 0.700. The Hall–Kier alpha value is -0.450. The quantitative estimate of drug-likeness (QED) is 0.731. The zero-order valence-electron chi connectivity index (χ0n) is 8.95. The van der Waals surface area contributed by atoms with Gasteiger partial charge in [0.05, 0.1) is 12.3 Å². The molecule has 0 fully saturated rings. The maximum atomic E-state index is 5.38. The summed E-state index contributed by atoms with van der Waals surface area (Å²) in [4.78, 5) is 4.46. The zero-order valence-corrected chi connectivity index (χ0v) is 9.76. The Labute approximate surface area is 89.1 Å². The Morgan fingerprint density at radius 3 is 2.86 bits per heavy atom. The molecule has 14 heavy (non-hydrogen) atoms. The number of rotatable bonds is 6. The van der Waals surface area contributed by atoms with Crippen LogP contribution in [0.1, 0.15) is 36.6 Å². The molecular formula is C10H17NO2S. The Morgan fingerprint density at radius 2 is 2.29 bits per heavy atom. The topological polar surface area (TPSA) is 31.4 Å². The third-order valence-corrected chi connectivity index (χ3v) is 2.96. The normalized spacial score (nSPS) is 13.1. The van der Waals surface area contributed by atoms with Gasteiger partial charge in [0.1, 0.15) is 11.1 Å². The van der Waals surface area contributed by atoms with Crippen LogP contribution in [0.25, 0.3) is 0 Å². The summed E-state index contributed by atoms with van der Waals surface area (Å²) in [5.41, 5.74) is 0.991. The Bertz CT molecular complexity index is 262. The van der Waals surface area contributed by atoms with Gasteiger partial charge in [-0.1, -0.05) is 13.3 Å². The van der Waals surface area contributed by atoms with E-state index in [0.717, 1.165) is 23.5 Å². The first kappa shape index (κ1) is 11.6. The van der Waals surface area contributed by atoms with Crippen molar-refractivity contribution in [2.75, 3.05) is 14.2 Å². The molecule has 0 radical (unpaired) electrons. The van der Waals surface area contributed by atoms with Crippen LogP contribution in [0.5, 0.6) is 0 Å². The average Bonchev–Trinajstić information content (AvgIpc) is 2.63. The summed E-state index contributed by atoms with van der Waals surface area (Å²) in [7, 11) is 3.41. The van der Waals surface area contributed by atoms with Gasteiger partial charge < -0.3 is 9.47 Å². The summed E-state index contributed by atoms with van der Waals surface area (Å²) in [5.74, 6) is 0. The lowest BCUT2D eigenvalue weighted by Crippen LogP contribution is -2.00. The van der Waals surface area contributed by atoms with Gasteiger partial charge in [-0.25, -0.2) is 4.98 Å².